The lowest BCUT2D eigenvalue weighted by molar-refractivity contribution is 0.429. The van der Waals surface area contributed by atoms with Crippen molar-refractivity contribution in [2.75, 3.05) is 13.1 Å². The highest BCUT2D eigenvalue weighted by Crippen LogP contribution is 2.26. The summed E-state index contributed by atoms with van der Waals surface area (Å²) in [6.45, 7) is 1.98. The van der Waals surface area contributed by atoms with E-state index in [1.54, 1.807) is 0 Å². The molecule has 1 saturated heterocycles. The number of pyridine rings is 1. The number of aromatic nitrogens is 2. The molecule has 0 bridgehead atoms. The van der Waals surface area contributed by atoms with Gasteiger partial charge in [0.25, 0.3) is 0 Å². The van der Waals surface area contributed by atoms with E-state index in [-0.39, 0.29) is 0 Å². The molecule has 1 aliphatic rings. The molecule has 0 radical (unpaired) electrons. The Morgan fingerprint density at radius 2 is 2.27 bits per heavy atom. The maximum absolute atomic E-state index is 6.09. The molecule has 0 spiro atoms. The quantitative estimate of drug-likeness (QED) is 0.872. The number of hydrogen-bond donors (Lipinski definition) is 1. The topological polar surface area (TPSA) is 29.3 Å². The summed E-state index contributed by atoms with van der Waals surface area (Å²) in [4.78, 5) is 4.42. The van der Waals surface area contributed by atoms with Gasteiger partial charge in [0.1, 0.15) is 5.82 Å². The molecule has 5 heteroatoms. The third kappa shape index (κ3) is 1.48. The fourth-order valence-corrected chi connectivity index (χ4v) is 2.38. The molecule has 0 aliphatic carbocycles. The van der Waals surface area contributed by atoms with Crippen molar-refractivity contribution >= 4 is 33.0 Å². The molecule has 3 rings (SSSR count). The van der Waals surface area contributed by atoms with Gasteiger partial charge >= 0.3 is 0 Å². The van der Waals surface area contributed by atoms with Gasteiger partial charge in [0, 0.05) is 29.7 Å². The predicted molar refractivity (Wildman–Crippen MR) is 63.5 cm³/mol. The number of rotatable bonds is 1. The van der Waals surface area contributed by atoms with Crippen LogP contribution in [0.25, 0.3) is 5.52 Å². The zero-order chi connectivity index (χ0) is 10.4. The Balaban J connectivity index is 2.24. The minimum atomic E-state index is 0.485. The zero-order valence-corrected chi connectivity index (χ0v) is 10.2. The zero-order valence-electron chi connectivity index (χ0n) is 7.87. The van der Waals surface area contributed by atoms with E-state index >= 15 is 0 Å². The van der Waals surface area contributed by atoms with Gasteiger partial charge in [0.2, 0.25) is 0 Å². The van der Waals surface area contributed by atoms with E-state index in [4.69, 9.17) is 11.6 Å². The summed E-state index contributed by atoms with van der Waals surface area (Å²) in [6.07, 6.45) is 2.02. The molecule has 78 valence electrons. The fourth-order valence-electron chi connectivity index (χ4n) is 1.80. The smallest absolute Gasteiger partial charge is 0.155 e. The largest absolute Gasteiger partial charge is 0.315 e. The monoisotopic (exact) mass is 285 g/mol. The van der Waals surface area contributed by atoms with E-state index in [1.165, 1.54) is 0 Å². The van der Waals surface area contributed by atoms with E-state index in [1.807, 2.05) is 18.3 Å². The Labute approximate surface area is 101 Å². The molecule has 3 heterocycles. The molecule has 0 atom stereocenters. The van der Waals surface area contributed by atoms with Gasteiger partial charge < -0.3 is 9.72 Å². The molecule has 1 aliphatic heterocycles. The van der Waals surface area contributed by atoms with Gasteiger partial charge in [-0.2, -0.15) is 0 Å². The summed E-state index contributed by atoms with van der Waals surface area (Å²) in [5.74, 6) is 1.54. The minimum absolute atomic E-state index is 0.485. The number of nitrogens with zero attached hydrogens (tertiary/aromatic N) is 2. The summed E-state index contributed by atoms with van der Waals surface area (Å²) < 4.78 is 3.11. The molecule has 2 aromatic heterocycles. The maximum Gasteiger partial charge on any atom is 0.155 e. The van der Waals surface area contributed by atoms with Crippen molar-refractivity contribution in [2.24, 2.45) is 0 Å². The summed E-state index contributed by atoms with van der Waals surface area (Å²) >= 11 is 9.55. The molecule has 1 N–H and O–H groups in total. The second-order valence-electron chi connectivity index (χ2n) is 3.72. The van der Waals surface area contributed by atoms with Crippen LogP contribution < -0.4 is 5.32 Å². The van der Waals surface area contributed by atoms with Crippen molar-refractivity contribution in [3.8, 4) is 0 Å². The van der Waals surface area contributed by atoms with Crippen LogP contribution in [-0.2, 0) is 0 Å². The van der Waals surface area contributed by atoms with Gasteiger partial charge in [-0.05, 0) is 28.1 Å². The van der Waals surface area contributed by atoms with E-state index in [0.29, 0.717) is 11.1 Å². The van der Waals surface area contributed by atoms with Crippen LogP contribution in [0.15, 0.2) is 22.8 Å². The minimum Gasteiger partial charge on any atom is -0.315 e. The predicted octanol–water partition coefficient (Wildman–Crippen LogP) is 2.44. The average Bonchev–Trinajstić information content (AvgIpc) is 2.41. The van der Waals surface area contributed by atoms with Crippen molar-refractivity contribution in [2.45, 2.75) is 5.92 Å². The number of hydrogen-bond acceptors (Lipinski definition) is 2. The van der Waals surface area contributed by atoms with Crippen molar-refractivity contribution in [3.05, 3.63) is 33.8 Å². The standard InChI is InChI=1S/C10H9BrClN3/c11-7-1-2-8-9(12)14-10(15(8)5-7)6-3-13-4-6/h1-2,5-6,13H,3-4H2. The third-order valence-corrected chi connectivity index (χ3v) is 3.48. The second kappa shape index (κ2) is 3.47. The second-order valence-corrected chi connectivity index (χ2v) is 4.99. The van der Waals surface area contributed by atoms with E-state index < -0.39 is 0 Å². The van der Waals surface area contributed by atoms with Crippen LogP contribution in [0.5, 0.6) is 0 Å². The molecule has 3 nitrogen and oxygen atoms in total. The van der Waals surface area contributed by atoms with Gasteiger partial charge in [0.15, 0.2) is 5.15 Å². The molecule has 0 amide bonds. The lowest BCUT2D eigenvalue weighted by atomic mass is 10.0. The van der Waals surface area contributed by atoms with Crippen molar-refractivity contribution in [3.63, 3.8) is 0 Å². The number of halogens is 2. The van der Waals surface area contributed by atoms with Gasteiger partial charge in [-0.15, -0.1) is 0 Å². The lowest BCUT2D eigenvalue weighted by Gasteiger charge is -2.25. The molecular formula is C10H9BrClN3. The maximum atomic E-state index is 6.09. The Hall–Kier alpha value is -0.580. The first-order valence-corrected chi connectivity index (χ1v) is 5.96. The first kappa shape index (κ1) is 9.63. The first-order chi connectivity index (χ1) is 7.25. The van der Waals surface area contributed by atoms with E-state index in [9.17, 15) is 0 Å². The van der Waals surface area contributed by atoms with E-state index in [0.717, 1.165) is 28.9 Å². The molecule has 0 aromatic carbocycles. The molecular weight excluding hydrogens is 277 g/mol. The number of fused-ring (bicyclic) bond motifs is 1. The van der Waals surface area contributed by atoms with Crippen molar-refractivity contribution in [1.82, 2.24) is 14.7 Å². The van der Waals surface area contributed by atoms with Crippen LogP contribution in [0.1, 0.15) is 11.7 Å². The van der Waals surface area contributed by atoms with Crippen LogP contribution in [0.4, 0.5) is 0 Å². The molecule has 0 unspecified atom stereocenters. The highest BCUT2D eigenvalue weighted by molar-refractivity contribution is 9.10. The number of nitrogens with one attached hydrogen (secondary N) is 1. The van der Waals surface area contributed by atoms with Crippen LogP contribution in [0.2, 0.25) is 5.15 Å². The summed E-state index contributed by atoms with van der Waals surface area (Å²) in [7, 11) is 0. The lowest BCUT2D eigenvalue weighted by Crippen LogP contribution is -2.40. The van der Waals surface area contributed by atoms with Gasteiger partial charge in [-0.3, -0.25) is 0 Å². The Morgan fingerprint density at radius 3 is 2.93 bits per heavy atom. The van der Waals surface area contributed by atoms with Gasteiger partial charge in [-0.1, -0.05) is 11.6 Å². The van der Waals surface area contributed by atoms with Crippen LogP contribution in [0, 0.1) is 0 Å². The van der Waals surface area contributed by atoms with Crippen molar-refractivity contribution in [1.29, 1.82) is 0 Å². The van der Waals surface area contributed by atoms with Gasteiger partial charge in [-0.25, -0.2) is 4.98 Å². The highest BCUT2D eigenvalue weighted by Gasteiger charge is 2.24. The average molecular weight is 287 g/mol. The molecule has 0 saturated carbocycles. The SMILES string of the molecule is Clc1nc(C2CNC2)n2cc(Br)ccc12. The van der Waals surface area contributed by atoms with Crippen molar-refractivity contribution < 1.29 is 0 Å². The summed E-state index contributed by atoms with van der Waals surface area (Å²) in [5, 5.41) is 3.83. The van der Waals surface area contributed by atoms with E-state index in [2.05, 4.69) is 30.6 Å². The molecule has 2 aromatic rings. The normalized spacial score (nSPS) is 16.9. The Morgan fingerprint density at radius 1 is 1.47 bits per heavy atom. The first-order valence-electron chi connectivity index (χ1n) is 4.79. The fraction of sp³-hybridized carbons (Fsp3) is 0.300. The Bertz CT molecular complexity index is 519. The van der Waals surface area contributed by atoms with Crippen LogP contribution >= 0.6 is 27.5 Å². The summed E-state index contributed by atoms with van der Waals surface area (Å²) in [6, 6.07) is 3.96. The van der Waals surface area contributed by atoms with Gasteiger partial charge in [0.05, 0.1) is 5.52 Å². The Kier molecular flexibility index (Phi) is 2.23. The summed E-state index contributed by atoms with van der Waals surface area (Å²) in [5.41, 5.74) is 0.974. The third-order valence-electron chi connectivity index (χ3n) is 2.73. The highest BCUT2D eigenvalue weighted by atomic mass is 79.9. The number of imidazole rings is 1. The molecule has 15 heavy (non-hydrogen) atoms. The van der Waals surface area contributed by atoms with Crippen LogP contribution in [-0.4, -0.2) is 22.5 Å². The molecule has 1 fully saturated rings. The van der Waals surface area contributed by atoms with Crippen LogP contribution in [0.3, 0.4) is 0 Å².